The van der Waals surface area contributed by atoms with Crippen LogP contribution in [0.15, 0.2) is 22.7 Å². The largest absolute Gasteiger partial charge is 0.496 e. The van der Waals surface area contributed by atoms with E-state index in [0.717, 1.165) is 16.6 Å². The molecule has 0 amide bonds. The highest BCUT2D eigenvalue weighted by Gasteiger charge is 1.99. The van der Waals surface area contributed by atoms with Crippen LogP contribution in [-0.2, 0) is 6.42 Å². The summed E-state index contributed by atoms with van der Waals surface area (Å²) in [7, 11) is 1.66. The second-order valence-electron chi connectivity index (χ2n) is 2.51. The lowest BCUT2D eigenvalue weighted by molar-refractivity contribution is 0.412. The van der Waals surface area contributed by atoms with Crippen molar-refractivity contribution in [1.82, 2.24) is 0 Å². The van der Waals surface area contributed by atoms with Crippen LogP contribution >= 0.6 is 15.9 Å². The zero-order chi connectivity index (χ0) is 11.0. The van der Waals surface area contributed by atoms with Crippen LogP contribution in [0.3, 0.4) is 0 Å². The van der Waals surface area contributed by atoms with E-state index in [9.17, 15) is 0 Å². The summed E-state index contributed by atoms with van der Waals surface area (Å²) in [5.74, 6) is 0.857. The lowest BCUT2D eigenvalue weighted by Crippen LogP contribution is -2.02. The second kappa shape index (κ2) is 7.83. The lowest BCUT2D eigenvalue weighted by atomic mass is 10.1. The number of hydrogen-bond donors (Lipinski definition) is 1. The van der Waals surface area contributed by atoms with E-state index in [1.54, 1.807) is 7.11 Å². The highest BCUT2D eigenvalue weighted by molar-refractivity contribution is 9.10. The third kappa shape index (κ3) is 4.11. The monoisotopic (exact) mass is 259 g/mol. The summed E-state index contributed by atoms with van der Waals surface area (Å²) in [5.41, 5.74) is 6.66. The fraction of sp³-hybridized carbons (Fsp3) is 0.455. The first kappa shape index (κ1) is 13.5. The Balaban J connectivity index is 0.000000791. The van der Waals surface area contributed by atoms with Gasteiger partial charge in [-0.1, -0.05) is 19.9 Å². The van der Waals surface area contributed by atoms with Gasteiger partial charge in [-0.2, -0.15) is 0 Å². The molecule has 1 aromatic rings. The fourth-order valence-corrected chi connectivity index (χ4v) is 1.62. The summed E-state index contributed by atoms with van der Waals surface area (Å²) < 4.78 is 6.08. The van der Waals surface area contributed by atoms with Gasteiger partial charge in [0, 0.05) is 0 Å². The fourth-order valence-electron chi connectivity index (χ4n) is 1.03. The Bertz CT molecular complexity index is 263. The van der Waals surface area contributed by atoms with Gasteiger partial charge in [-0.25, -0.2) is 0 Å². The average Bonchev–Trinajstić information content (AvgIpc) is 2.22. The van der Waals surface area contributed by atoms with Gasteiger partial charge >= 0.3 is 0 Å². The molecule has 0 saturated heterocycles. The summed E-state index contributed by atoms with van der Waals surface area (Å²) in [6, 6.07) is 6.00. The molecule has 0 bridgehead atoms. The van der Waals surface area contributed by atoms with Crippen molar-refractivity contribution in [3.05, 3.63) is 28.2 Å². The predicted molar refractivity (Wildman–Crippen MR) is 64.8 cm³/mol. The van der Waals surface area contributed by atoms with Crippen LogP contribution in [0, 0.1) is 0 Å². The van der Waals surface area contributed by atoms with Gasteiger partial charge < -0.3 is 10.5 Å². The Morgan fingerprint density at radius 1 is 1.36 bits per heavy atom. The zero-order valence-corrected chi connectivity index (χ0v) is 10.6. The van der Waals surface area contributed by atoms with E-state index >= 15 is 0 Å². The molecule has 0 saturated carbocycles. The second-order valence-corrected chi connectivity index (χ2v) is 3.36. The van der Waals surface area contributed by atoms with Crippen molar-refractivity contribution in [2.45, 2.75) is 20.3 Å². The minimum Gasteiger partial charge on any atom is -0.496 e. The molecular weight excluding hydrogens is 242 g/mol. The molecule has 14 heavy (non-hydrogen) atoms. The van der Waals surface area contributed by atoms with Crippen LogP contribution < -0.4 is 10.5 Å². The van der Waals surface area contributed by atoms with Crippen molar-refractivity contribution >= 4 is 15.9 Å². The minimum atomic E-state index is 0.679. The molecule has 1 rings (SSSR count). The van der Waals surface area contributed by atoms with Crippen LogP contribution in [0.2, 0.25) is 0 Å². The predicted octanol–water partition coefficient (Wildman–Crippen LogP) is 2.99. The maximum absolute atomic E-state index is 5.43. The first-order valence-electron chi connectivity index (χ1n) is 4.80. The van der Waals surface area contributed by atoms with Gasteiger partial charge in [0.1, 0.15) is 5.75 Å². The quantitative estimate of drug-likeness (QED) is 0.906. The molecule has 0 spiro atoms. The number of benzene rings is 1. The molecule has 0 aliphatic rings. The Kier molecular flexibility index (Phi) is 7.52. The van der Waals surface area contributed by atoms with Gasteiger partial charge in [0.2, 0.25) is 0 Å². The maximum Gasteiger partial charge on any atom is 0.133 e. The summed E-state index contributed by atoms with van der Waals surface area (Å²) in [5, 5.41) is 0. The maximum atomic E-state index is 5.43. The molecular formula is C11H18BrNO. The average molecular weight is 260 g/mol. The molecule has 0 fully saturated rings. The van der Waals surface area contributed by atoms with E-state index in [-0.39, 0.29) is 0 Å². The van der Waals surface area contributed by atoms with Gasteiger partial charge in [0.05, 0.1) is 11.6 Å². The molecule has 2 nitrogen and oxygen atoms in total. The van der Waals surface area contributed by atoms with Crippen molar-refractivity contribution < 1.29 is 4.74 Å². The molecule has 2 N–H and O–H groups in total. The number of methoxy groups -OCH3 is 1. The first-order valence-corrected chi connectivity index (χ1v) is 5.59. The normalized spacial score (nSPS) is 8.93. The molecule has 0 unspecified atom stereocenters. The van der Waals surface area contributed by atoms with Crippen LogP contribution in [-0.4, -0.2) is 13.7 Å². The standard InChI is InChI=1S/C9H12BrNO.C2H6/c1-12-9-3-2-7(4-5-11)6-8(9)10;1-2/h2-3,6H,4-5,11H2,1H3;1-2H3. The Hall–Kier alpha value is -0.540. The third-order valence-corrected chi connectivity index (χ3v) is 2.27. The highest BCUT2D eigenvalue weighted by atomic mass is 79.9. The van der Waals surface area contributed by atoms with E-state index in [4.69, 9.17) is 10.5 Å². The summed E-state index contributed by atoms with van der Waals surface area (Å²) in [6.07, 6.45) is 0.905. The molecule has 3 heteroatoms. The first-order chi connectivity index (χ1) is 6.77. The summed E-state index contributed by atoms with van der Waals surface area (Å²) in [4.78, 5) is 0. The van der Waals surface area contributed by atoms with E-state index in [1.165, 1.54) is 5.56 Å². The minimum absolute atomic E-state index is 0.679. The third-order valence-electron chi connectivity index (χ3n) is 1.65. The van der Waals surface area contributed by atoms with Gasteiger partial charge in [0.25, 0.3) is 0 Å². The molecule has 0 radical (unpaired) electrons. The molecule has 0 aliphatic carbocycles. The van der Waals surface area contributed by atoms with Crippen molar-refractivity contribution in [2.75, 3.05) is 13.7 Å². The van der Waals surface area contributed by atoms with Gasteiger partial charge in [-0.3, -0.25) is 0 Å². The zero-order valence-electron chi connectivity index (χ0n) is 9.01. The van der Waals surface area contributed by atoms with Crippen LogP contribution in [0.25, 0.3) is 0 Å². The Morgan fingerprint density at radius 2 is 2.00 bits per heavy atom. The van der Waals surface area contributed by atoms with E-state index < -0.39 is 0 Å². The number of nitrogens with two attached hydrogens (primary N) is 1. The molecule has 0 aliphatic heterocycles. The van der Waals surface area contributed by atoms with Crippen molar-refractivity contribution in [3.8, 4) is 5.75 Å². The van der Waals surface area contributed by atoms with Crippen LogP contribution in [0.1, 0.15) is 19.4 Å². The Labute approximate surface area is 94.6 Å². The number of rotatable bonds is 3. The van der Waals surface area contributed by atoms with E-state index in [0.29, 0.717) is 6.54 Å². The van der Waals surface area contributed by atoms with Crippen molar-refractivity contribution in [1.29, 1.82) is 0 Å². The molecule has 1 aromatic carbocycles. The lowest BCUT2D eigenvalue weighted by Gasteiger charge is -2.04. The van der Waals surface area contributed by atoms with Crippen LogP contribution in [0.5, 0.6) is 5.75 Å². The SMILES string of the molecule is CC.COc1ccc(CCN)cc1Br. The smallest absolute Gasteiger partial charge is 0.133 e. The van der Waals surface area contributed by atoms with E-state index in [1.807, 2.05) is 32.0 Å². The van der Waals surface area contributed by atoms with Crippen LogP contribution in [0.4, 0.5) is 0 Å². The summed E-state index contributed by atoms with van der Waals surface area (Å²) >= 11 is 3.41. The molecule has 0 atom stereocenters. The topological polar surface area (TPSA) is 35.2 Å². The molecule has 0 heterocycles. The van der Waals surface area contributed by atoms with Gasteiger partial charge in [0.15, 0.2) is 0 Å². The Morgan fingerprint density at radius 3 is 2.43 bits per heavy atom. The number of ether oxygens (including phenoxy) is 1. The molecule has 80 valence electrons. The van der Waals surface area contributed by atoms with Crippen molar-refractivity contribution in [2.24, 2.45) is 5.73 Å². The summed E-state index contributed by atoms with van der Waals surface area (Å²) in [6.45, 7) is 4.68. The number of halogens is 1. The van der Waals surface area contributed by atoms with Gasteiger partial charge in [-0.15, -0.1) is 0 Å². The van der Waals surface area contributed by atoms with Gasteiger partial charge in [-0.05, 0) is 46.6 Å². The van der Waals surface area contributed by atoms with Crippen molar-refractivity contribution in [3.63, 3.8) is 0 Å². The number of hydrogen-bond acceptors (Lipinski definition) is 2. The highest BCUT2D eigenvalue weighted by Crippen LogP contribution is 2.25. The van der Waals surface area contributed by atoms with E-state index in [2.05, 4.69) is 15.9 Å². The molecule has 0 aromatic heterocycles.